The van der Waals surface area contributed by atoms with Crippen molar-refractivity contribution >= 4 is 11.7 Å². The molecular weight excluding hydrogens is 242 g/mol. The van der Waals surface area contributed by atoms with Crippen LogP contribution in [0.25, 0.3) is 0 Å². The number of fused-ring (bicyclic) bond motifs is 1. The van der Waals surface area contributed by atoms with Gasteiger partial charge >= 0.3 is 0 Å². The average Bonchev–Trinajstić information content (AvgIpc) is 2.76. The van der Waals surface area contributed by atoms with E-state index in [4.69, 9.17) is 0 Å². The van der Waals surface area contributed by atoms with Crippen LogP contribution < -0.4 is 10.6 Å². The van der Waals surface area contributed by atoms with E-state index in [0.29, 0.717) is 5.69 Å². The van der Waals surface area contributed by atoms with E-state index in [1.807, 2.05) is 7.05 Å². The molecule has 1 amide bonds. The third-order valence-corrected chi connectivity index (χ3v) is 3.20. The Kier molecular flexibility index (Phi) is 3.00. The van der Waals surface area contributed by atoms with Crippen LogP contribution in [0.2, 0.25) is 0 Å². The Labute approximate surface area is 110 Å². The van der Waals surface area contributed by atoms with Crippen molar-refractivity contribution in [2.45, 2.75) is 13.0 Å². The molecule has 0 bridgehead atoms. The van der Waals surface area contributed by atoms with Gasteiger partial charge in [0.15, 0.2) is 0 Å². The first-order valence-corrected chi connectivity index (χ1v) is 6.23. The largest absolute Gasteiger partial charge is 0.312 e. The Morgan fingerprint density at radius 1 is 1.47 bits per heavy atom. The first kappa shape index (κ1) is 11.9. The fourth-order valence-corrected chi connectivity index (χ4v) is 2.26. The fourth-order valence-electron chi connectivity index (χ4n) is 2.26. The quantitative estimate of drug-likeness (QED) is 0.831. The van der Waals surface area contributed by atoms with Crippen molar-refractivity contribution in [2.24, 2.45) is 7.05 Å². The van der Waals surface area contributed by atoms with Gasteiger partial charge in [-0.25, -0.2) is 0 Å². The third kappa shape index (κ3) is 2.22. The molecule has 0 spiro atoms. The summed E-state index contributed by atoms with van der Waals surface area (Å²) in [5, 5.41) is 10.6. The van der Waals surface area contributed by atoms with E-state index < -0.39 is 0 Å². The number of hydrogen-bond donors (Lipinski definition) is 2. The molecule has 0 saturated heterocycles. The van der Waals surface area contributed by atoms with Crippen molar-refractivity contribution in [2.75, 3.05) is 11.9 Å². The number of nitrogens with one attached hydrogen (secondary N) is 2. The lowest BCUT2D eigenvalue weighted by Gasteiger charge is -2.13. The van der Waals surface area contributed by atoms with Crippen LogP contribution in [-0.4, -0.2) is 27.2 Å². The summed E-state index contributed by atoms with van der Waals surface area (Å²) < 4.78 is 1.72. The van der Waals surface area contributed by atoms with E-state index in [2.05, 4.69) is 20.7 Å². The van der Waals surface area contributed by atoms with E-state index in [0.717, 1.165) is 36.6 Å². The van der Waals surface area contributed by atoms with Crippen molar-refractivity contribution in [1.82, 2.24) is 20.1 Å². The Hall–Kier alpha value is -2.21. The summed E-state index contributed by atoms with van der Waals surface area (Å²) in [4.78, 5) is 16.2. The molecule has 19 heavy (non-hydrogen) atoms. The zero-order valence-corrected chi connectivity index (χ0v) is 10.7. The maximum absolute atomic E-state index is 12.1. The van der Waals surface area contributed by atoms with Crippen LogP contribution in [0.5, 0.6) is 0 Å². The maximum Gasteiger partial charge on any atom is 0.275 e. The molecule has 0 unspecified atom stereocenters. The van der Waals surface area contributed by atoms with Gasteiger partial charge in [0, 0.05) is 38.3 Å². The van der Waals surface area contributed by atoms with Gasteiger partial charge in [0.25, 0.3) is 5.91 Å². The smallest absolute Gasteiger partial charge is 0.275 e. The van der Waals surface area contributed by atoms with Crippen LogP contribution >= 0.6 is 0 Å². The monoisotopic (exact) mass is 257 g/mol. The van der Waals surface area contributed by atoms with Gasteiger partial charge in [0.05, 0.1) is 5.69 Å². The van der Waals surface area contributed by atoms with Gasteiger partial charge in [0.2, 0.25) is 0 Å². The number of pyridine rings is 1. The number of amides is 1. The molecule has 0 saturated carbocycles. The Morgan fingerprint density at radius 3 is 3.16 bits per heavy atom. The summed E-state index contributed by atoms with van der Waals surface area (Å²) in [6.07, 6.45) is 2.50. The highest BCUT2D eigenvalue weighted by Crippen LogP contribution is 2.22. The van der Waals surface area contributed by atoms with Crippen LogP contribution in [0.1, 0.15) is 21.7 Å². The third-order valence-electron chi connectivity index (χ3n) is 3.20. The first-order valence-electron chi connectivity index (χ1n) is 6.23. The number of carbonyl (C=O) groups excluding carboxylic acids is 1. The average molecular weight is 257 g/mol. The second-order valence-electron chi connectivity index (χ2n) is 4.49. The first-order chi connectivity index (χ1) is 9.25. The van der Waals surface area contributed by atoms with Crippen LogP contribution in [0.3, 0.4) is 0 Å². The van der Waals surface area contributed by atoms with E-state index >= 15 is 0 Å². The summed E-state index contributed by atoms with van der Waals surface area (Å²) in [6.45, 7) is 1.67. The van der Waals surface area contributed by atoms with Crippen molar-refractivity contribution in [3.05, 3.63) is 41.3 Å². The highest BCUT2D eigenvalue weighted by Gasteiger charge is 2.20. The zero-order valence-electron chi connectivity index (χ0n) is 10.7. The highest BCUT2D eigenvalue weighted by atomic mass is 16.2. The molecule has 0 radical (unpaired) electrons. The normalized spacial score (nSPS) is 13.9. The number of nitrogens with zero attached hydrogens (tertiary/aromatic N) is 3. The van der Waals surface area contributed by atoms with Gasteiger partial charge in [-0.2, -0.15) is 5.10 Å². The van der Waals surface area contributed by atoms with E-state index in [-0.39, 0.29) is 5.91 Å². The van der Waals surface area contributed by atoms with Gasteiger partial charge in [0.1, 0.15) is 11.5 Å². The Morgan fingerprint density at radius 2 is 2.37 bits per heavy atom. The van der Waals surface area contributed by atoms with Crippen LogP contribution in [0.4, 0.5) is 5.82 Å². The molecule has 0 fully saturated rings. The van der Waals surface area contributed by atoms with Gasteiger partial charge < -0.3 is 10.6 Å². The van der Waals surface area contributed by atoms with Crippen molar-refractivity contribution in [3.8, 4) is 0 Å². The topological polar surface area (TPSA) is 71.8 Å². The Balaban J connectivity index is 1.88. The molecule has 1 aliphatic rings. The molecule has 6 heteroatoms. The van der Waals surface area contributed by atoms with Crippen LogP contribution in [0.15, 0.2) is 24.4 Å². The summed E-state index contributed by atoms with van der Waals surface area (Å²) in [5.74, 6) is 0.537. The van der Waals surface area contributed by atoms with Crippen molar-refractivity contribution in [3.63, 3.8) is 0 Å². The minimum atomic E-state index is -0.211. The lowest BCUT2D eigenvalue weighted by atomic mass is 10.1. The number of carbonyl (C=O) groups is 1. The van der Waals surface area contributed by atoms with E-state index in [1.165, 1.54) is 0 Å². The van der Waals surface area contributed by atoms with Crippen molar-refractivity contribution in [1.29, 1.82) is 0 Å². The van der Waals surface area contributed by atoms with Gasteiger partial charge in [-0.05, 0) is 12.1 Å². The van der Waals surface area contributed by atoms with E-state index in [9.17, 15) is 4.79 Å². The predicted molar refractivity (Wildman–Crippen MR) is 70.8 cm³/mol. The maximum atomic E-state index is 12.1. The molecule has 2 aromatic heterocycles. The van der Waals surface area contributed by atoms with Gasteiger partial charge in [-0.1, -0.05) is 6.07 Å². The van der Waals surface area contributed by atoms with Crippen LogP contribution in [0, 0.1) is 0 Å². The molecule has 2 N–H and O–H groups in total. The second kappa shape index (κ2) is 4.81. The fraction of sp³-hybridized carbons (Fsp3) is 0.308. The minimum Gasteiger partial charge on any atom is -0.312 e. The lowest BCUT2D eigenvalue weighted by Crippen LogP contribution is -2.24. The standard InChI is InChI=1S/C13H15N5O/c1-18-12(9-8-14-7-5-10(9)17-18)16-13(19)11-4-2-3-6-15-11/h2-4,6,14H,5,7-8H2,1H3,(H,16,19). The molecule has 6 nitrogen and oxygen atoms in total. The number of aromatic nitrogens is 3. The van der Waals surface area contributed by atoms with Gasteiger partial charge in [-0.15, -0.1) is 0 Å². The van der Waals surface area contributed by atoms with Crippen LogP contribution in [-0.2, 0) is 20.0 Å². The highest BCUT2D eigenvalue weighted by molar-refractivity contribution is 6.02. The predicted octanol–water partition coefficient (Wildman–Crippen LogP) is 0.713. The van der Waals surface area contributed by atoms with Crippen molar-refractivity contribution < 1.29 is 4.79 Å². The second-order valence-corrected chi connectivity index (χ2v) is 4.49. The molecule has 0 aliphatic carbocycles. The SMILES string of the molecule is Cn1nc2c(c1NC(=O)c1ccccn1)CNCC2. The minimum absolute atomic E-state index is 0.211. The number of hydrogen-bond acceptors (Lipinski definition) is 4. The zero-order chi connectivity index (χ0) is 13.2. The molecule has 3 rings (SSSR count). The summed E-state index contributed by atoms with van der Waals surface area (Å²) >= 11 is 0. The molecule has 98 valence electrons. The molecule has 1 aliphatic heterocycles. The molecule has 2 aromatic rings. The van der Waals surface area contributed by atoms with E-state index in [1.54, 1.807) is 29.1 Å². The molecule has 0 aromatic carbocycles. The molecule has 0 atom stereocenters. The summed E-state index contributed by atoms with van der Waals surface area (Å²) in [5.41, 5.74) is 2.52. The number of rotatable bonds is 2. The Bertz CT molecular complexity index is 605. The van der Waals surface area contributed by atoms with Gasteiger partial charge in [-0.3, -0.25) is 14.5 Å². The number of aryl methyl sites for hydroxylation is 1. The number of anilines is 1. The molecular formula is C13H15N5O. The molecule has 3 heterocycles. The lowest BCUT2D eigenvalue weighted by molar-refractivity contribution is 0.102. The summed E-state index contributed by atoms with van der Waals surface area (Å²) in [6, 6.07) is 5.27. The summed E-state index contributed by atoms with van der Waals surface area (Å²) in [7, 11) is 1.84.